The van der Waals surface area contributed by atoms with Crippen molar-refractivity contribution in [2.24, 2.45) is 0 Å². The quantitative estimate of drug-likeness (QED) is 0.265. The van der Waals surface area contributed by atoms with Gasteiger partial charge in [-0.25, -0.2) is 9.78 Å². The van der Waals surface area contributed by atoms with Crippen molar-refractivity contribution in [2.75, 3.05) is 35.4 Å². The third-order valence-electron chi connectivity index (χ3n) is 4.64. The summed E-state index contributed by atoms with van der Waals surface area (Å²) < 4.78 is 5.35. The van der Waals surface area contributed by atoms with Crippen molar-refractivity contribution in [2.45, 2.75) is 10.9 Å². The number of pyridine rings is 1. The third-order valence-corrected chi connectivity index (χ3v) is 7.24. The summed E-state index contributed by atoms with van der Waals surface area (Å²) in [6.45, 7) is 1.13. The number of fused-ring (bicyclic) bond motifs is 3. The fourth-order valence-electron chi connectivity index (χ4n) is 3.37. The first-order valence-electron chi connectivity index (χ1n) is 9.26. The number of hydrogen-bond donors (Lipinski definition) is 2. The summed E-state index contributed by atoms with van der Waals surface area (Å²) in [6, 6.07) is 15.8. The minimum Gasteiger partial charge on any atom is -0.448 e. The number of alkyl halides is 1. The predicted octanol–water partition coefficient (Wildman–Crippen LogP) is 5.97. The number of ether oxygens (including phenoxy) is 1. The van der Waals surface area contributed by atoms with E-state index < -0.39 is 6.09 Å². The van der Waals surface area contributed by atoms with Gasteiger partial charge in [0, 0.05) is 41.4 Å². The molecule has 1 aliphatic rings. The Bertz CT molecular complexity index is 1000. The monoisotopic (exact) mass is 445 g/mol. The van der Waals surface area contributed by atoms with Crippen LogP contribution in [-0.4, -0.2) is 35.9 Å². The molecule has 0 spiro atoms. The van der Waals surface area contributed by atoms with E-state index in [-0.39, 0.29) is 5.92 Å². The summed E-state index contributed by atoms with van der Waals surface area (Å²) >= 11 is 6.14. The molecule has 0 saturated carbocycles. The summed E-state index contributed by atoms with van der Waals surface area (Å²) in [7, 11) is 3.17. The molecule has 2 N–H and O–H groups in total. The third kappa shape index (κ3) is 4.74. The Labute approximate surface area is 182 Å². The molecule has 2 heterocycles. The second-order valence-corrected chi connectivity index (χ2v) is 9.24. The lowest BCUT2D eigenvalue weighted by molar-refractivity contribution is 0.169. The Balaban J connectivity index is 1.37. The summed E-state index contributed by atoms with van der Waals surface area (Å²) in [4.78, 5) is 16.6. The zero-order valence-corrected chi connectivity index (χ0v) is 17.9. The predicted molar refractivity (Wildman–Crippen MR) is 123 cm³/mol. The number of aromatic nitrogens is 1. The van der Waals surface area contributed by atoms with Crippen LogP contribution in [0.3, 0.4) is 0 Å². The molecule has 1 aliphatic heterocycles. The van der Waals surface area contributed by atoms with Crippen molar-refractivity contribution in [1.82, 2.24) is 4.98 Å². The Kier molecular flexibility index (Phi) is 6.69. The van der Waals surface area contributed by atoms with Crippen molar-refractivity contribution in [3.05, 3.63) is 60.3 Å². The van der Waals surface area contributed by atoms with Crippen LogP contribution in [-0.2, 0) is 4.74 Å². The molecule has 150 valence electrons. The number of benzene rings is 2. The molecule has 2 aromatic carbocycles. The SMILES string of the molecule is O=C(Nc1cc2c(c3ccccc13)[C@H](CCl)CN2)OCCSSc1ccccn1. The van der Waals surface area contributed by atoms with E-state index in [1.54, 1.807) is 27.8 Å². The maximum Gasteiger partial charge on any atom is 0.411 e. The molecule has 0 bridgehead atoms. The standard InChI is InChI=1S/C21H20ClN3O2S2/c22-12-14-13-24-18-11-17(15-5-1-2-6-16(15)20(14)18)25-21(26)27-9-10-28-29-19-7-3-4-8-23-19/h1-8,11,14,24H,9-10,12-13H2,(H,25,26)/t14-/m1/s1. The van der Waals surface area contributed by atoms with Crippen molar-refractivity contribution < 1.29 is 9.53 Å². The van der Waals surface area contributed by atoms with Gasteiger partial charge < -0.3 is 10.1 Å². The Morgan fingerprint density at radius 3 is 2.86 bits per heavy atom. The van der Waals surface area contributed by atoms with Crippen LogP contribution in [0, 0.1) is 0 Å². The number of carbonyl (C=O) groups is 1. The second kappa shape index (κ2) is 9.61. The number of halogens is 1. The lowest BCUT2D eigenvalue weighted by Gasteiger charge is -2.14. The first-order valence-corrected chi connectivity index (χ1v) is 12.1. The van der Waals surface area contributed by atoms with Gasteiger partial charge in [-0.05, 0) is 39.9 Å². The summed E-state index contributed by atoms with van der Waals surface area (Å²) in [6.07, 6.45) is 1.31. The molecular formula is C21H20ClN3O2S2. The molecule has 0 radical (unpaired) electrons. The molecule has 0 unspecified atom stereocenters. The van der Waals surface area contributed by atoms with E-state index in [2.05, 4.69) is 21.7 Å². The van der Waals surface area contributed by atoms with Crippen LogP contribution in [0.25, 0.3) is 10.8 Å². The molecule has 3 aromatic rings. The minimum atomic E-state index is -0.453. The molecule has 5 nitrogen and oxygen atoms in total. The molecule has 0 fully saturated rings. The van der Waals surface area contributed by atoms with Gasteiger partial charge in [-0.3, -0.25) is 5.32 Å². The smallest absolute Gasteiger partial charge is 0.411 e. The van der Waals surface area contributed by atoms with Gasteiger partial charge in [-0.1, -0.05) is 41.1 Å². The molecule has 1 aromatic heterocycles. The van der Waals surface area contributed by atoms with Crippen molar-refractivity contribution in [3.63, 3.8) is 0 Å². The molecule has 1 atom stereocenters. The number of anilines is 2. The largest absolute Gasteiger partial charge is 0.448 e. The number of carbonyl (C=O) groups excluding carboxylic acids is 1. The Morgan fingerprint density at radius 2 is 2.07 bits per heavy atom. The van der Waals surface area contributed by atoms with Crippen LogP contribution in [0.2, 0.25) is 0 Å². The average Bonchev–Trinajstić information content (AvgIpc) is 3.17. The van der Waals surface area contributed by atoms with E-state index in [4.69, 9.17) is 16.3 Å². The highest BCUT2D eigenvalue weighted by atomic mass is 35.5. The highest BCUT2D eigenvalue weighted by molar-refractivity contribution is 8.76. The van der Waals surface area contributed by atoms with Gasteiger partial charge in [0.05, 0.1) is 5.69 Å². The molecule has 0 saturated heterocycles. The van der Waals surface area contributed by atoms with Gasteiger partial charge in [-0.15, -0.1) is 11.6 Å². The minimum absolute atomic E-state index is 0.270. The maximum atomic E-state index is 12.3. The molecule has 4 rings (SSSR count). The van der Waals surface area contributed by atoms with Gasteiger partial charge in [0.1, 0.15) is 11.6 Å². The fourth-order valence-corrected chi connectivity index (χ4v) is 5.34. The maximum absolute atomic E-state index is 12.3. The molecule has 29 heavy (non-hydrogen) atoms. The highest BCUT2D eigenvalue weighted by Crippen LogP contribution is 2.41. The van der Waals surface area contributed by atoms with Crippen LogP contribution in [0.5, 0.6) is 0 Å². The normalized spacial score (nSPS) is 15.0. The lowest BCUT2D eigenvalue weighted by Crippen LogP contribution is -2.15. The lowest BCUT2D eigenvalue weighted by atomic mass is 9.95. The highest BCUT2D eigenvalue weighted by Gasteiger charge is 2.25. The van der Waals surface area contributed by atoms with Crippen molar-refractivity contribution in [3.8, 4) is 0 Å². The summed E-state index contributed by atoms with van der Waals surface area (Å²) in [5.41, 5.74) is 2.98. The van der Waals surface area contributed by atoms with Crippen molar-refractivity contribution in [1.29, 1.82) is 0 Å². The first-order chi connectivity index (χ1) is 14.3. The number of rotatable bonds is 7. The van der Waals surface area contributed by atoms with E-state index in [0.717, 1.165) is 33.7 Å². The topological polar surface area (TPSA) is 63.2 Å². The van der Waals surface area contributed by atoms with Crippen LogP contribution in [0.4, 0.5) is 16.2 Å². The van der Waals surface area contributed by atoms with E-state index in [1.165, 1.54) is 5.56 Å². The number of nitrogens with one attached hydrogen (secondary N) is 2. The number of amides is 1. The zero-order valence-electron chi connectivity index (χ0n) is 15.6. The van der Waals surface area contributed by atoms with Crippen LogP contribution in [0.1, 0.15) is 11.5 Å². The van der Waals surface area contributed by atoms with Crippen molar-refractivity contribution >= 4 is 61.4 Å². The van der Waals surface area contributed by atoms with Crippen LogP contribution in [0.15, 0.2) is 59.8 Å². The molecule has 0 aliphatic carbocycles. The Morgan fingerprint density at radius 1 is 1.24 bits per heavy atom. The molecule has 1 amide bonds. The number of nitrogens with zero attached hydrogens (tertiary/aromatic N) is 1. The van der Waals surface area contributed by atoms with Gasteiger partial charge in [0.2, 0.25) is 0 Å². The Hall–Kier alpha value is -2.09. The van der Waals surface area contributed by atoms with Gasteiger partial charge in [-0.2, -0.15) is 0 Å². The van der Waals surface area contributed by atoms with Crippen LogP contribution >= 0.6 is 33.2 Å². The summed E-state index contributed by atoms with van der Waals surface area (Å²) in [5, 5.41) is 9.32. The zero-order chi connectivity index (χ0) is 20.1. The average molecular weight is 446 g/mol. The fraction of sp³-hybridized carbons (Fsp3) is 0.238. The van der Waals surface area contributed by atoms with E-state index in [1.807, 2.05) is 42.5 Å². The molecular weight excluding hydrogens is 426 g/mol. The molecule has 8 heteroatoms. The van der Waals surface area contributed by atoms with Gasteiger partial charge >= 0.3 is 6.09 Å². The van der Waals surface area contributed by atoms with E-state index in [9.17, 15) is 4.79 Å². The van der Waals surface area contributed by atoms with Gasteiger partial charge in [0.25, 0.3) is 0 Å². The van der Waals surface area contributed by atoms with Crippen LogP contribution < -0.4 is 10.6 Å². The van der Waals surface area contributed by atoms with E-state index in [0.29, 0.717) is 18.2 Å². The van der Waals surface area contributed by atoms with E-state index >= 15 is 0 Å². The second-order valence-electron chi connectivity index (χ2n) is 6.50. The number of hydrogen-bond acceptors (Lipinski definition) is 6. The van der Waals surface area contributed by atoms with Gasteiger partial charge in [0.15, 0.2) is 0 Å². The summed E-state index contributed by atoms with van der Waals surface area (Å²) in [5.74, 6) is 1.51. The first kappa shape index (κ1) is 20.2.